The van der Waals surface area contributed by atoms with Crippen LogP contribution in [-0.4, -0.2) is 64.0 Å². The molecule has 2 fully saturated rings. The third-order valence-electron chi connectivity index (χ3n) is 6.33. The topological polar surface area (TPSA) is 75.6 Å². The Balaban J connectivity index is 1.33. The molecule has 0 aliphatic carbocycles. The predicted molar refractivity (Wildman–Crippen MR) is 120 cm³/mol. The van der Waals surface area contributed by atoms with Crippen LogP contribution in [0, 0.1) is 12.3 Å². The molecule has 2 aliphatic rings. The van der Waals surface area contributed by atoms with E-state index in [9.17, 15) is 9.59 Å². The summed E-state index contributed by atoms with van der Waals surface area (Å²) in [5.74, 6) is 0.853. The largest absolute Gasteiger partial charge is 0.493 e. The molecule has 1 aromatic carbocycles. The summed E-state index contributed by atoms with van der Waals surface area (Å²) in [4.78, 5) is 30.0. The van der Waals surface area contributed by atoms with Gasteiger partial charge in [-0.15, -0.1) is 5.10 Å². The maximum absolute atomic E-state index is 12.8. The molecule has 164 valence electrons. The van der Waals surface area contributed by atoms with Crippen LogP contribution in [-0.2, 0) is 4.79 Å². The maximum Gasteiger partial charge on any atom is 0.267 e. The van der Waals surface area contributed by atoms with Crippen molar-refractivity contribution in [2.75, 3.05) is 32.8 Å². The molecule has 2 amide bonds. The monoisotopic (exact) mass is 440 g/mol. The molecule has 1 aromatic heterocycles. The zero-order valence-electron chi connectivity index (χ0n) is 18.0. The molecule has 0 unspecified atom stereocenters. The predicted octanol–water partition coefficient (Wildman–Crippen LogP) is 3.41. The van der Waals surface area contributed by atoms with Crippen molar-refractivity contribution >= 4 is 29.4 Å². The number of likely N-dealkylation sites (tertiary alicyclic amines) is 2. The Morgan fingerprint density at radius 3 is 2.55 bits per heavy atom. The lowest BCUT2D eigenvalue weighted by Gasteiger charge is -2.38. The van der Waals surface area contributed by atoms with Gasteiger partial charge in [0.25, 0.3) is 5.91 Å². The SMILES string of the molecule is CCOc1ccccc1C=CC(=O)N1CCC2(CC1)CCN(C(=O)c1snnc1C)C2. The number of aryl methyl sites for hydroxylation is 1. The third-order valence-corrected chi connectivity index (χ3v) is 7.15. The number of piperidine rings is 1. The summed E-state index contributed by atoms with van der Waals surface area (Å²) in [6.45, 7) is 7.32. The number of amides is 2. The molecule has 0 radical (unpaired) electrons. The van der Waals surface area contributed by atoms with E-state index in [2.05, 4.69) is 9.59 Å². The van der Waals surface area contributed by atoms with E-state index in [1.807, 2.05) is 54.0 Å². The first-order valence-corrected chi connectivity index (χ1v) is 11.6. The molecule has 2 aromatic rings. The van der Waals surface area contributed by atoms with E-state index in [0.717, 1.165) is 56.8 Å². The minimum absolute atomic E-state index is 0.0263. The number of benzene rings is 1. The minimum atomic E-state index is 0.0263. The normalized spacial score (nSPS) is 18.1. The molecule has 7 nitrogen and oxygen atoms in total. The third kappa shape index (κ3) is 4.63. The Hall–Kier alpha value is -2.74. The average molecular weight is 441 g/mol. The van der Waals surface area contributed by atoms with Gasteiger partial charge >= 0.3 is 0 Å². The van der Waals surface area contributed by atoms with Crippen LogP contribution in [0.4, 0.5) is 0 Å². The quantitative estimate of drug-likeness (QED) is 0.666. The number of hydrogen-bond acceptors (Lipinski definition) is 6. The standard InChI is InChI=1S/C23H28N4O3S/c1-3-30-19-7-5-4-6-18(19)8-9-20(28)26-13-10-23(11-14-26)12-15-27(16-23)22(29)21-17(2)24-25-31-21/h4-9H,3,10-16H2,1-2H3. The summed E-state index contributed by atoms with van der Waals surface area (Å²) >= 11 is 1.17. The van der Waals surface area contributed by atoms with Crippen LogP contribution in [0.3, 0.4) is 0 Å². The Kier molecular flexibility index (Phi) is 6.36. The van der Waals surface area contributed by atoms with Gasteiger partial charge in [-0.25, -0.2) is 0 Å². The van der Waals surface area contributed by atoms with Crippen LogP contribution in [0.15, 0.2) is 30.3 Å². The molecular formula is C23H28N4O3S. The molecule has 4 rings (SSSR count). The van der Waals surface area contributed by atoms with Crippen LogP contribution >= 0.6 is 11.5 Å². The molecule has 0 N–H and O–H groups in total. The molecular weight excluding hydrogens is 412 g/mol. The summed E-state index contributed by atoms with van der Waals surface area (Å²) in [6.07, 6.45) is 6.31. The lowest BCUT2D eigenvalue weighted by Crippen LogP contribution is -2.44. The Bertz CT molecular complexity index is 979. The first-order valence-electron chi connectivity index (χ1n) is 10.8. The Labute approximate surface area is 186 Å². The average Bonchev–Trinajstić information content (AvgIpc) is 3.40. The van der Waals surface area contributed by atoms with Crippen molar-refractivity contribution in [3.63, 3.8) is 0 Å². The summed E-state index contributed by atoms with van der Waals surface area (Å²) in [5.41, 5.74) is 1.72. The Morgan fingerprint density at radius 1 is 1.16 bits per heavy atom. The van der Waals surface area contributed by atoms with Crippen molar-refractivity contribution in [3.8, 4) is 5.75 Å². The fourth-order valence-corrected chi connectivity index (χ4v) is 5.09. The van der Waals surface area contributed by atoms with Crippen molar-refractivity contribution in [1.29, 1.82) is 0 Å². The zero-order valence-corrected chi connectivity index (χ0v) is 18.9. The van der Waals surface area contributed by atoms with E-state index in [0.29, 0.717) is 17.2 Å². The summed E-state index contributed by atoms with van der Waals surface area (Å²) in [7, 11) is 0. The van der Waals surface area contributed by atoms with E-state index < -0.39 is 0 Å². The van der Waals surface area contributed by atoms with Gasteiger partial charge in [0.15, 0.2) is 0 Å². The lowest BCUT2D eigenvalue weighted by atomic mass is 9.78. The van der Waals surface area contributed by atoms with Gasteiger partial charge in [0, 0.05) is 37.8 Å². The molecule has 31 heavy (non-hydrogen) atoms. The molecule has 1 spiro atoms. The number of rotatable bonds is 5. The van der Waals surface area contributed by atoms with Gasteiger partial charge < -0.3 is 14.5 Å². The van der Waals surface area contributed by atoms with Gasteiger partial charge in [-0.05, 0) is 62.2 Å². The highest BCUT2D eigenvalue weighted by atomic mass is 32.1. The number of nitrogens with zero attached hydrogens (tertiary/aromatic N) is 4. The molecule has 2 aliphatic heterocycles. The van der Waals surface area contributed by atoms with Gasteiger partial charge in [-0.2, -0.15) is 0 Å². The highest BCUT2D eigenvalue weighted by molar-refractivity contribution is 7.07. The number of ether oxygens (including phenoxy) is 1. The molecule has 8 heteroatoms. The van der Waals surface area contributed by atoms with E-state index in [1.54, 1.807) is 6.08 Å². The number of para-hydroxylation sites is 1. The van der Waals surface area contributed by atoms with Crippen LogP contribution in [0.25, 0.3) is 6.08 Å². The van der Waals surface area contributed by atoms with Crippen LogP contribution < -0.4 is 4.74 Å². The van der Waals surface area contributed by atoms with Crippen molar-refractivity contribution in [1.82, 2.24) is 19.4 Å². The second kappa shape index (κ2) is 9.18. The number of carbonyl (C=O) groups is 2. The smallest absolute Gasteiger partial charge is 0.267 e. The van der Waals surface area contributed by atoms with Gasteiger partial charge in [0.1, 0.15) is 10.6 Å². The fraction of sp³-hybridized carbons (Fsp3) is 0.478. The van der Waals surface area contributed by atoms with E-state index in [1.165, 1.54) is 11.5 Å². The van der Waals surface area contributed by atoms with E-state index >= 15 is 0 Å². The summed E-state index contributed by atoms with van der Waals surface area (Å²) in [5, 5.41) is 3.96. The molecule has 0 atom stereocenters. The van der Waals surface area contributed by atoms with Gasteiger partial charge in [0.2, 0.25) is 5.91 Å². The van der Waals surface area contributed by atoms with Crippen LogP contribution in [0.5, 0.6) is 5.75 Å². The first kappa shape index (κ1) is 21.5. The van der Waals surface area contributed by atoms with Crippen molar-refractivity contribution in [3.05, 3.63) is 46.5 Å². The number of carbonyl (C=O) groups excluding carboxylic acids is 2. The van der Waals surface area contributed by atoms with Crippen molar-refractivity contribution in [2.45, 2.75) is 33.1 Å². The second-order valence-electron chi connectivity index (χ2n) is 8.29. The summed E-state index contributed by atoms with van der Waals surface area (Å²) in [6, 6.07) is 7.73. The molecule has 0 saturated carbocycles. The van der Waals surface area contributed by atoms with Gasteiger partial charge in [-0.3, -0.25) is 9.59 Å². The zero-order chi connectivity index (χ0) is 21.8. The highest BCUT2D eigenvalue weighted by Gasteiger charge is 2.43. The van der Waals surface area contributed by atoms with E-state index in [-0.39, 0.29) is 17.2 Å². The number of aromatic nitrogens is 2. The van der Waals surface area contributed by atoms with Gasteiger partial charge in [0.05, 0.1) is 12.3 Å². The number of hydrogen-bond donors (Lipinski definition) is 0. The first-order chi connectivity index (χ1) is 15.0. The molecule has 0 bridgehead atoms. The minimum Gasteiger partial charge on any atom is -0.493 e. The van der Waals surface area contributed by atoms with Crippen molar-refractivity contribution < 1.29 is 14.3 Å². The maximum atomic E-state index is 12.8. The van der Waals surface area contributed by atoms with Crippen LogP contribution in [0.2, 0.25) is 0 Å². The fourth-order valence-electron chi connectivity index (χ4n) is 4.46. The van der Waals surface area contributed by atoms with Gasteiger partial charge in [-0.1, -0.05) is 22.7 Å². The van der Waals surface area contributed by atoms with Crippen LogP contribution in [0.1, 0.15) is 47.1 Å². The Morgan fingerprint density at radius 2 is 1.87 bits per heavy atom. The van der Waals surface area contributed by atoms with E-state index in [4.69, 9.17) is 4.74 Å². The second-order valence-corrected chi connectivity index (χ2v) is 9.05. The van der Waals surface area contributed by atoms with Crippen molar-refractivity contribution in [2.24, 2.45) is 5.41 Å². The summed E-state index contributed by atoms with van der Waals surface area (Å²) < 4.78 is 9.51. The lowest BCUT2D eigenvalue weighted by molar-refractivity contribution is -0.128. The molecule has 3 heterocycles. The highest BCUT2D eigenvalue weighted by Crippen LogP contribution is 2.41. The molecule has 2 saturated heterocycles.